The summed E-state index contributed by atoms with van der Waals surface area (Å²) in [6.07, 6.45) is 1.99. The van der Waals surface area contributed by atoms with Gasteiger partial charge in [-0.15, -0.1) is 0 Å². The highest BCUT2D eigenvalue weighted by molar-refractivity contribution is 5.66. The average molecular weight is 259 g/mol. The third-order valence-corrected chi connectivity index (χ3v) is 3.88. The van der Waals surface area contributed by atoms with Crippen LogP contribution in [0.1, 0.15) is 46.5 Å². The normalized spacial score (nSPS) is 29.1. The van der Waals surface area contributed by atoms with Gasteiger partial charge in [0.2, 0.25) is 0 Å². The predicted octanol–water partition coefficient (Wildman–Crippen LogP) is 2.08. The van der Waals surface area contributed by atoms with Gasteiger partial charge in [-0.25, -0.2) is 4.79 Å². The fourth-order valence-electron chi connectivity index (χ4n) is 2.80. The molecule has 5 nitrogen and oxygen atoms in total. The molecular weight excluding hydrogens is 234 g/mol. The zero-order chi connectivity index (χ0) is 14.0. The van der Waals surface area contributed by atoms with E-state index in [0.29, 0.717) is 12.8 Å². The van der Waals surface area contributed by atoms with Crippen molar-refractivity contribution in [2.45, 2.75) is 63.6 Å². The monoisotopic (exact) mass is 259 g/mol. The second-order valence-electron chi connectivity index (χ2n) is 6.10. The zero-order valence-corrected chi connectivity index (χ0v) is 11.8. The number of nitrogens with zero attached hydrogens (tertiary/aromatic N) is 1. The van der Waals surface area contributed by atoms with E-state index in [-0.39, 0.29) is 12.6 Å². The van der Waals surface area contributed by atoms with Crippen molar-refractivity contribution < 1.29 is 19.7 Å². The van der Waals surface area contributed by atoms with Crippen LogP contribution in [-0.4, -0.2) is 52.1 Å². The molecule has 1 fully saturated rings. The molecule has 18 heavy (non-hydrogen) atoms. The van der Waals surface area contributed by atoms with Crippen LogP contribution in [0, 0.1) is 0 Å². The van der Waals surface area contributed by atoms with E-state index in [0.717, 1.165) is 12.8 Å². The van der Waals surface area contributed by atoms with Crippen LogP contribution in [0.5, 0.6) is 0 Å². The Hall–Kier alpha value is -0.810. The minimum Gasteiger partial charge on any atom is -0.465 e. The van der Waals surface area contributed by atoms with Crippen LogP contribution in [0.2, 0.25) is 0 Å². The van der Waals surface area contributed by atoms with Crippen LogP contribution in [0.15, 0.2) is 0 Å². The van der Waals surface area contributed by atoms with Crippen molar-refractivity contribution in [2.75, 3.05) is 13.7 Å². The molecule has 0 aromatic carbocycles. The molecule has 2 N–H and O–H groups in total. The first-order valence-corrected chi connectivity index (χ1v) is 6.44. The number of rotatable bonds is 3. The average Bonchev–Trinajstić information content (AvgIpc) is 2.28. The second-order valence-corrected chi connectivity index (χ2v) is 6.10. The Morgan fingerprint density at radius 2 is 1.89 bits per heavy atom. The Balaban J connectivity index is 2.74. The maximum atomic E-state index is 11.4. The molecule has 1 rings (SSSR count). The van der Waals surface area contributed by atoms with Gasteiger partial charge in [-0.05, 0) is 46.5 Å². The molecule has 1 saturated carbocycles. The number of carbonyl (C=O) groups is 1. The maximum Gasteiger partial charge on any atom is 0.407 e. The summed E-state index contributed by atoms with van der Waals surface area (Å²) >= 11 is 0. The quantitative estimate of drug-likeness (QED) is 0.814. The van der Waals surface area contributed by atoms with Crippen LogP contribution < -0.4 is 0 Å². The molecule has 106 valence electrons. The van der Waals surface area contributed by atoms with Crippen molar-refractivity contribution in [3.8, 4) is 0 Å². The first-order chi connectivity index (χ1) is 8.25. The van der Waals surface area contributed by atoms with Crippen LogP contribution in [-0.2, 0) is 4.74 Å². The van der Waals surface area contributed by atoms with Gasteiger partial charge in [-0.3, -0.25) is 0 Å². The van der Waals surface area contributed by atoms with Gasteiger partial charge < -0.3 is 19.8 Å². The van der Waals surface area contributed by atoms with E-state index in [9.17, 15) is 15.0 Å². The molecular formula is C13H25NO4. The molecule has 5 heteroatoms. The highest BCUT2D eigenvalue weighted by Crippen LogP contribution is 2.35. The van der Waals surface area contributed by atoms with Gasteiger partial charge in [-0.2, -0.15) is 0 Å². The lowest BCUT2D eigenvalue weighted by atomic mass is 9.81. The molecule has 0 aromatic rings. The summed E-state index contributed by atoms with van der Waals surface area (Å²) in [6.45, 7) is 5.72. The number of ether oxygens (including phenoxy) is 1. The zero-order valence-electron chi connectivity index (χ0n) is 11.8. The number of aliphatic hydroxyl groups excluding tert-OH is 1. The van der Waals surface area contributed by atoms with E-state index in [4.69, 9.17) is 4.74 Å². The number of methoxy groups -OCH3 is 1. The molecule has 1 aliphatic carbocycles. The Kier molecular flexibility index (Phi) is 4.61. The first-order valence-electron chi connectivity index (χ1n) is 6.44. The Bertz CT molecular complexity index is 284. The molecule has 0 atom stereocenters. The van der Waals surface area contributed by atoms with E-state index in [1.54, 1.807) is 7.11 Å². The third kappa shape index (κ3) is 3.14. The lowest BCUT2D eigenvalue weighted by Gasteiger charge is -2.45. The summed E-state index contributed by atoms with van der Waals surface area (Å²) in [6, 6.07) is 0.0114. The number of aliphatic hydroxyl groups is 1. The molecule has 0 unspecified atom stereocenters. The molecule has 0 spiro atoms. The minimum atomic E-state index is -0.874. The van der Waals surface area contributed by atoms with E-state index in [2.05, 4.69) is 0 Å². The Morgan fingerprint density at radius 1 is 1.39 bits per heavy atom. The Labute approximate surface area is 109 Å². The van der Waals surface area contributed by atoms with Crippen molar-refractivity contribution in [3.63, 3.8) is 0 Å². The lowest BCUT2D eigenvalue weighted by Crippen LogP contribution is -2.54. The summed E-state index contributed by atoms with van der Waals surface area (Å²) in [5.41, 5.74) is -0.874. The highest BCUT2D eigenvalue weighted by Gasteiger charge is 2.40. The van der Waals surface area contributed by atoms with E-state index in [1.165, 1.54) is 4.90 Å². The smallest absolute Gasteiger partial charge is 0.407 e. The summed E-state index contributed by atoms with van der Waals surface area (Å²) in [5.74, 6) is 0. The number of carboxylic acid groups (broad SMARTS) is 1. The van der Waals surface area contributed by atoms with Crippen molar-refractivity contribution in [2.24, 2.45) is 0 Å². The topological polar surface area (TPSA) is 70.0 Å². The van der Waals surface area contributed by atoms with Crippen LogP contribution in [0.3, 0.4) is 0 Å². The van der Waals surface area contributed by atoms with Crippen molar-refractivity contribution in [1.29, 1.82) is 0 Å². The number of hydrogen-bond acceptors (Lipinski definition) is 3. The van der Waals surface area contributed by atoms with Crippen molar-refractivity contribution >= 4 is 6.09 Å². The fraction of sp³-hybridized carbons (Fsp3) is 0.923. The summed E-state index contributed by atoms with van der Waals surface area (Å²) in [5, 5.41) is 18.7. The van der Waals surface area contributed by atoms with Gasteiger partial charge in [0.05, 0.1) is 12.2 Å². The largest absolute Gasteiger partial charge is 0.465 e. The maximum absolute atomic E-state index is 11.4. The minimum absolute atomic E-state index is 0.00118. The predicted molar refractivity (Wildman–Crippen MR) is 68.7 cm³/mol. The molecule has 1 amide bonds. The second kappa shape index (κ2) is 5.45. The SMILES string of the molecule is CO[C@]1(CO)CC[C@@H](N(C(=O)O)C(C)(C)C)CC1. The highest BCUT2D eigenvalue weighted by atomic mass is 16.5. The van der Waals surface area contributed by atoms with Crippen LogP contribution in [0.4, 0.5) is 4.79 Å². The van der Waals surface area contributed by atoms with Gasteiger partial charge in [0, 0.05) is 18.7 Å². The first kappa shape index (κ1) is 15.2. The molecule has 0 bridgehead atoms. The number of amides is 1. The van der Waals surface area contributed by atoms with Gasteiger partial charge in [0.15, 0.2) is 0 Å². The van der Waals surface area contributed by atoms with Crippen molar-refractivity contribution in [1.82, 2.24) is 4.90 Å². The molecule has 0 radical (unpaired) electrons. The molecule has 0 saturated heterocycles. The lowest BCUT2D eigenvalue weighted by molar-refractivity contribution is -0.0904. The molecule has 0 heterocycles. The van der Waals surface area contributed by atoms with Crippen LogP contribution in [0.25, 0.3) is 0 Å². The van der Waals surface area contributed by atoms with Crippen molar-refractivity contribution in [3.05, 3.63) is 0 Å². The molecule has 0 aromatic heterocycles. The number of hydrogen-bond donors (Lipinski definition) is 2. The Morgan fingerprint density at radius 3 is 2.17 bits per heavy atom. The third-order valence-electron chi connectivity index (χ3n) is 3.88. The molecule has 0 aliphatic heterocycles. The fourth-order valence-corrected chi connectivity index (χ4v) is 2.80. The summed E-state index contributed by atoms with van der Waals surface area (Å²) < 4.78 is 5.39. The van der Waals surface area contributed by atoms with Gasteiger partial charge in [0.1, 0.15) is 0 Å². The van der Waals surface area contributed by atoms with E-state index >= 15 is 0 Å². The van der Waals surface area contributed by atoms with Gasteiger partial charge in [-0.1, -0.05) is 0 Å². The molecule has 1 aliphatic rings. The summed E-state index contributed by atoms with van der Waals surface area (Å²) in [4.78, 5) is 12.9. The van der Waals surface area contributed by atoms with E-state index in [1.807, 2.05) is 20.8 Å². The van der Waals surface area contributed by atoms with Crippen LogP contribution >= 0.6 is 0 Å². The standard InChI is InChI=1S/C13H25NO4/c1-12(2,3)14(11(16)17)10-5-7-13(9-15,18-4)8-6-10/h10,15H,5-9H2,1-4H3,(H,16,17)/t10-,13-. The summed E-state index contributed by atoms with van der Waals surface area (Å²) in [7, 11) is 1.61. The van der Waals surface area contributed by atoms with E-state index < -0.39 is 17.2 Å². The van der Waals surface area contributed by atoms with Gasteiger partial charge >= 0.3 is 6.09 Å². The van der Waals surface area contributed by atoms with Gasteiger partial charge in [0.25, 0.3) is 0 Å².